The fourth-order valence-electron chi connectivity index (χ4n) is 3.51. The van der Waals surface area contributed by atoms with Gasteiger partial charge in [-0.25, -0.2) is 5.48 Å². The van der Waals surface area contributed by atoms with Crippen LogP contribution < -0.4 is 10.8 Å². The molecule has 1 aromatic rings. The van der Waals surface area contributed by atoms with Gasteiger partial charge in [0.05, 0.1) is 0 Å². The van der Waals surface area contributed by atoms with Gasteiger partial charge < -0.3 is 15.0 Å². The number of hydroxylamine groups is 1. The molecule has 1 amide bonds. The number of hydrogen-bond donors (Lipinski definition) is 3. The number of likely N-dealkylation sites (N-methyl/N-ethyl adjacent to an activating group) is 1. The van der Waals surface area contributed by atoms with Crippen LogP contribution in [-0.2, 0) is 20.9 Å². The Morgan fingerprint density at radius 3 is 2.52 bits per heavy atom. The average molecular weight is 404 g/mol. The third kappa shape index (κ3) is 8.35. The molecule has 2 rings (SSSR count). The van der Waals surface area contributed by atoms with E-state index in [4.69, 9.17) is 9.94 Å². The molecule has 0 bridgehead atoms. The summed E-state index contributed by atoms with van der Waals surface area (Å²) in [6.07, 6.45) is 8.55. The zero-order valence-corrected chi connectivity index (χ0v) is 17.4. The van der Waals surface area contributed by atoms with Crippen molar-refractivity contribution in [3.8, 4) is 0 Å². The normalized spacial score (nSPS) is 16.1. The maximum Gasteiger partial charge on any atom is 0.323 e. The molecular weight excluding hydrogens is 370 g/mol. The van der Waals surface area contributed by atoms with Gasteiger partial charge in [-0.2, -0.15) is 0 Å². The van der Waals surface area contributed by atoms with Gasteiger partial charge in [-0.15, -0.1) is 0 Å². The zero-order valence-electron chi connectivity index (χ0n) is 17.4. The maximum absolute atomic E-state index is 12.7. The Bertz CT molecular complexity index is 667. The van der Waals surface area contributed by atoms with Crippen LogP contribution in [0.2, 0.25) is 0 Å². The van der Waals surface area contributed by atoms with Crippen molar-refractivity contribution in [1.82, 2.24) is 15.7 Å². The number of amides is 1. The number of nitrogens with zero attached hydrogens (tertiary/aromatic N) is 1. The van der Waals surface area contributed by atoms with Crippen LogP contribution in [0.15, 0.2) is 30.3 Å². The van der Waals surface area contributed by atoms with Gasteiger partial charge in [0.1, 0.15) is 12.6 Å². The summed E-state index contributed by atoms with van der Waals surface area (Å²) >= 11 is 0. The number of carbonyl (C=O) groups excluding carboxylic acids is 2. The van der Waals surface area contributed by atoms with Gasteiger partial charge in [0, 0.05) is 19.2 Å². The lowest BCUT2D eigenvalue weighted by atomic mass is 9.84. The van der Waals surface area contributed by atoms with Crippen LogP contribution in [0.5, 0.6) is 0 Å². The van der Waals surface area contributed by atoms with E-state index >= 15 is 0 Å². The van der Waals surface area contributed by atoms with Gasteiger partial charge in [-0.3, -0.25) is 14.8 Å². The molecule has 1 aromatic carbocycles. The second kappa shape index (κ2) is 12.4. The largest absolute Gasteiger partial charge is 0.463 e. The van der Waals surface area contributed by atoms with Crippen molar-refractivity contribution < 1.29 is 19.5 Å². The first-order valence-electron chi connectivity index (χ1n) is 10.3. The monoisotopic (exact) mass is 403 g/mol. The first-order chi connectivity index (χ1) is 14.0. The number of hydrogen-bond acceptors (Lipinski definition) is 6. The van der Waals surface area contributed by atoms with E-state index < -0.39 is 5.91 Å². The highest BCUT2D eigenvalue weighted by atomic mass is 16.5. The van der Waals surface area contributed by atoms with Crippen molar-refractivity contribution in [1.29, 1.82) is 0 Å². The summed E-state index contributed by atoms with van der Waals surface area (Å²) in [7, 11) is 3.92. The maximum atomic E-state index is 12.7. The standard InChI is InChI=1S/C22H33N3O4/c1-25(2)14-15-29-22(27)21(19-6-4-3-5-7-19)23-16-18-10-8-17(9-11-18)12-13-20(26)24-28/h8-13,19,21,23,28H,3-7,14-16H2,1-2H3,(H,24,26)/b13-12+/t21-/m0/s1. The number of benzene rings is 1. The molecule has 1 fully saturated rings. The predicted molar refractivity (Wildman–Crippen MR) is 112 cm³/mol. The Morgan fingerprint density at radius 2 is 1.90 bits per heavy atom. The molecule has 0 radical (unpaired) electrons. The highest BCUT2D eigenvalue weighted by Gasteiger charge is 2.30. The molecular formula is C22H33N3O4. The first-order valence-corrected chi connectivity index (χ1v) is 10.3. The quantitative estimate of drug-likeness (QED) is 0.240. The number of esters is 1. The molecule has 0 saturated heterocycles. The van der Waals surface area contributed by atoms with E-state index in [0.29, 0.717) is 25.6 Å². The van der Waals surface area contributed by atoms with Gasteiger partial charge in [0.2, 0.25) is 0 Å². The van der Waals surface area contributed by atoms with Crippen molar-refractivity contribution in [2.75, 3.05) is 27.2 Å². The summed E-state index contributed by atoms with van der Waals surface area (Å²) in [6, 6.07) is 7.41. The lowest BCUT2D eigenvalue weighted by Gasteiger charge is -2.29. The average Bonchev–Trinajstić information content (AvgIpc) is 2.73. The molecule has 0 unspecified atom stereocenters. The fourth-order valence-corrected chi connectivity index (χ4v) is 3.51. The minimum atomic E-state index is -0.571. The second-order valence-electron chi connectivity index (χ2n) is 7.78. The smallest absolute Gasteiger partial charge is 0.323 e. The molecule has 1 aliphatic rings. The van der Waals surface area contributed by atoms with Gasteiger partial charge in [0.15, 0.2) is 0 Å². The van der Waals surface area contributed by atoms with Crippen LogP contribution in [-0.4, -0.2) is 55.3 Å². The molecule has 0 aromatic heterocycles. The van der Waals surface area contributed by atoms with E-state index in [2.05, 4.69) is 5.32 Å². The van der Waals surface area contributed by atoms with Crippen molar-refractivity contribution in [2.45, 2.75) is 44.7 Å². The Kier molecular flexibility index (Phi) is 9.83. The number of nitrogens with one attached hydrogen (secondary N) is 2. The predicted octanol–water partition coefficient (Wildman–Crippen LogP) is 2.35. The number of rotatable bonds is 10. The summed E-state index contributed by atoms with van der Waals surface area (Å²) in [4.78, 5) is 25.8. The van der Waals surface area contributed by atoms with Crippen molar-refractivity contribution in [2.24, 2.45) is 5.92 Å². The summed E-state index contributed by atoms with van der Waals surface area (Å²) in [6.45, 7) is 1.69. The van der Waals surface area contributed by atoms with E-state index in [0.717, 1.165) is 36.8 Å². The van der Waals surface area contributed by atoms with Gasteiger partial charge in [-0.1, -0.05) is 43.5 Å². The minimum Gasteiger partial charge on any atom is -0.463 e. The molecule has 1 aliphatic carbocycles. The van der Waals surface area contributed by atoms with E-state index in [1.807, 2.05) is 43.3 Å². The summed E-state index contributed by atoms with van der Waals surface area (Å²) in [5, 5.41) is 11.9. The zero-order chi connectivity index (χ0) is 21.1. The Labute approximate surface area is 173 Å². The van der Waals surface area contributed by atoms with E-state index in [-0.39, 0.29) is 12.0 Å². The molecule has 29 heavy (non-hydrogen) atoms. The lowest BCUT2D eigenvalue weighted by Crippen LogP contribution is -2.44. The summed E-state index contributed by atoms with van der Waals surface area (Å²) < 4.78 is 5.53. The van der Waals surface area contributed by atoms with E-state index in [1.54, 1.807) is 11.6 Å². The highest BCUT2D eigenvalue weighted by molar-refractivity contribution is 5.90. The second-order valence-corrected chi connectivity index (χ2v) is 7.78. The molecule has 7 nitrogen and oxygen atoms in total. The van der Waals surface area contributed by atoms with Crippen LogP contribution in [0.1, 0.15) is 43.2 Å². The van der Waals surface area contributed by atoms with Crippen molar-refractivity contribution in [3.05, 3.63) is 41.5 Å². The lowest BCUT2D eigenvalue weighted by molar-refractivity contribution is -0.148. The number of carbonyl (C=O) groups is 2. The van der Waals surface area contributed by atoms with Crippen LogP contribution in [0.3, 0.4) is 0 Å². The van der Waals surface area contributed by atoms with Gasteiger partial charge >= 0.3 is 5.97 Å². The summed E-state index contributed by atoms with van der Waals surface area (Å²) in [5.74, 6) is -0.415. The van der Waals surface area contributed by atoms with Gasteiger partial charge in [0.25, 0.3) is 5.91 Å². The van der Waals surface area contributed by atoms with E-state index in [9.17, 15) is 9.59 Å². The molecule has 160 valence electrons. The molecule has 1 saturated carbocycles. The molecule has 1 atom stereocenters. The molecule has 0 spiro atoms. The first kappa shape index (κ1) is 23.1. The molecule has 0 aliphatic heterocycles. The SMILES string of the molecule is CN(C)CCOC(=O)[C@@H](NCc1ccc(/C=C/C(=O)NO)cc1)C1CCCCC1. The van der Waals surface area contributed by atoms with E-state index in [1.165, 1.54) is 12.5 Å². The molecule has 7 heteroatoms. The Balaban J connectivity index is 1.94. The van der Waals surface area contributed by atoms with Crippen LogP contribution >= 0.6 is 0 Å². The third-order valence-electron chi connectivity index (χ3n) is 5.20. The van der Waals surface area contributed by atoms with Crippen LogP contribution in [0.4, 0.5) is 0 Å². The highest BCUT2D eigenvalue weighted by Crippen LogP contribution is 2.27. The summed E-state index contributed by atoms with van der Waals surface area (Å²) in [5.41, 5.74) is 3.46. The topological polar surface area (TPSA) is 90.9 Å². The molecule has 0 heterocycles. The minimum absolute atomic E-state index is 0.159. The third-order valence-corrected chi connectivity index (χ3v) is 5.20. The Hall–Kier alpha value is -2.22. The van der Waals surface area contributed by atoms with Crippen LogP contribution in [0.25, 0.3) is 6.08 Å². The number of ether oxygens (including phenoxy) is 1. The van der Waals surface area contributed by atoms with Crippen molar-refractivity contribution in [3.63, 3.8) is 0 Å². The van der Waals surface area contributed by atoms with Crippen LogP contribution in [0, 0.1) is 5.92 Å². The Morgan fingerprint density at radius 1 is 1.21 bits per heavy atom. The van der Waals surface area contributed by atoms with Crippen molar-refractivity contribution >= 4 is 18.0 Å². The molecule has 3 N–H and O–H groups in total. The fraction of sp³-hybridized carbons (Fsp3) is 0.545. The van der Waals surface area contributed by atoms with Gasteiger partial charge in [-0.05, 0) is 50.1 Å².